The molecule has 7 heteroatoms. The molecular weight excluding hydrogens is 495 g/mol. The summed E-state index contributed by atoms with van der Waals surface area (Å²) in [5, 5.41) is 0. The molecule has 0 spiro atoms. The molecule has 0 bridgehead atoms. The first kappa shape index (κ1) is 35.8. The monoisotopic (exact) mass is 552 g/mol. The number of carbonyl (C=O) groups is 1. The second kappa shape index (κ2) is 21.7. The molecule has 2 rings (SSSR count). The van der Waals surface area contributed by atoms with Gasteiger partial charge in [0.1, 0.15) is 12.2 Å². The fourth-order valence-corrected chi connectivity index (χ4v) is 5.87. The van der Waals surface area contributed by atoms with Gasteiger partial charge in [0.2, 0.25) is 0 Å². The quantitative estimate of drug-likeness (QED) is 0.180. The minimum Gasteiger partial charge on any atom is -0.429 e. The van der Waals surface area contributed by atoms with E-state index < -0.39 is 6.16 Å². The van der Waals surface area contributed by atoms with Gasteiger partial charge in [0, 0.05) is 12.1 Å². The average molecular weight is 554 g/mol. The smallest absolute Gasteiger partial charge is 0.429 e. The van der Waals surface area contributed by atoms with E-state index in [1.165, 1.54) is 64.2 Å². The molecule has 0 aromatic heterocycles. The fraction of sp³-hybridized carbons (Fsp3) is 0.966. The molecule has 0 saturated heterocycles. The second-order valence-electron chi connectivity index (χ2n) is 10.8. The van der Waals surface area contributed by atoms with Gasteiger partial charge >= 0.3 is 6.16 Å². The molecule has 0 heterocycles. The molecule has 2 fully saturated rings. The molecule has 0 aliphatic heterocycles. The molecule has 2 unspecified atom stereocenters. The summed E-state index contributed by atoms with van der Waals surface area (Å²) in [7, 11) is 0. The molecule has 2 aliphatic rings. The van der Waals surface area contributed by atoms with Crippen LogP contribution in [0, 0.1) is 0 Å². The summed E-state index contributed by atoms with van der Waals surface area (Å²) < 4.78 is 12.2. The van der Waals surface area contributed by atoms with Crippen LogP contribution in [0.1, 0.15) is 130 Å². The molecule has 2 saturated carbocycles. The Labute approximate surface area is 235 Å². The number of hydrogen-bond acceptors (Lipinski definition) is 5. The van der Waals surface area contributed by atoms with Gasteiger partial charge in [0.25, 0.3) is 0 Å². The third-order valence-corrected chi connectivity index (χ3v) is 7.96. The van der Waals surface area contributed by atoms with Crippen LogP contribution in [0.2, 0.25) is 0 Å². The van der Waals surface area contributed by atoms with Crippen LogP contribution >= 0.6 is 24.8 Å². The van der Waals surface area contributed by atoms with Gasteiger partial charge in [-0.25, -0.2) is 4.79 Å². The van der Waals surface area contributed by atoms with Crippen molar-refractivity contribution in [3.05, 3.63) is 0 Å². The second-order valence-corrected chi connectivity index (χ2v) is 10.8. The van der Waals surface area contributed by atoms with Gasteiger partial charge in [-0.15, -0.1) is 24.8 Å². The van der Waals surface area contributed by atoms with Gasteiger partial charge in [0.15, 0.2) is 0 Å². The van der Waals surface area contributed by atoms with E-state index in [9.17, 15) is 4.79 Å². The predicted molar refractivity (Wildman–Crippen MR) is 157 cm³/mol. The number of unbranched alkanes of at least 4 members (excludes halogenated alkanes) is 4. The van der Waals surface area contributed by atoms with Crippen molar-refractivity contribution in [2.75, 3.05) is 26.2 Å². The molecule has 5 nitrogen and oxygen atoms in total. The normalized spacial score (nSPS) is 24.2. The van der Waals surface area contributed by atoms with Gasteiger partial charge in [-0.1, -0.05) is 66.2 Å². The highest BCUT2D eigenvalue weighted by atomic mass is 35.5. The van der Waals surface area contributed by atoms with Gasteiger partial charge in [-0.3, -0.25) is 9.80 Å². The minimum atomic E-state index is -0.411. The molecule has 36 heavy (non-hydrogen) atoms. The van der Waals surface area contributed by atoms with Gasteiger partial charge in [0.05, 0.1) is 0 Å². The van der Waals surface area contributed by atoms with Crippen molar-refractivity contribution in [1.29, 1.82) is 0 Å². The molecule has 4 atom stereocenters. The number of rotatable bonds is 16. The van der Waals surface area contributed by atoms with Crippen LogP contribution in [0.5, 0.6) is 0 Å². The topological polar surface area (TPSA) is 42.0 Å². The molecule has 0 aromatic carbocycles. The van der Waals surface area contributed by atoms with E-state index >= 15 is 0 Å². The SMILES string of the molecule is CCCCN(CCCC)C1CCCCC1OC(=O)O[C@@H]1CCCC[C@H]1N(CCCC)CCCC.Cl.Cl. The van der Waals surface area contributed by atoms with Gasteiger partial charge < -0.3 is 9.47 Å². The largest absolute Gasteiger partial charge is 0.508 e. The maximum Gasteiger partial charge on any atom is 0.508 e. The minimum absolute atomic E-state index is 0. The summed E-state index contributed by atoms with van der Waals surface area (Å²) in [6, 6.07) is 0.708. The van der Waals surface area contributed by atoms with Crippen molar-refractivity contribution in [2.24, 2.45) is 0 Å². The number of ether oxygens (including phenoxy) is 2. The van der Waals surface area contributed by atoms with Crippen LogP contribution in [0.15, 0.2) is 0 Å². The maximum atomic E-state index is 13.1. The van der Waals surface area contributed by atoms with E-state index in [4.69, 9.17) is 9.47 Å². The zero-order valence-electron chi connectivity index (χ0n) is 23.9. The summed E-state index contributed by atoms with van der Waals surface area (Å²) in [6.45, 7) is 13.5. The zero-order chi connectivity index (χ0) is 24.6. The van der Waals surface area contributed by atoms with E-state index in [0.717, 1.165) is 64.7 Å². The van der Waals surface area contributed by atoms with Crippen LogP contribution < -0.4 is 0 Å². The fourth-order valence-electron chi connectivity index (χ4n) is 5.87. The lowest BCUT2D eigenvalue weighted by Gasteiger charge is -2.41. The molecule has 0 radical (unpaired) electrons. The van der Waals surface area contributed by atoms with Crippen LogP contribution in [-0.4, -0.2) is 66.4 Å². The highest BCUT2D eigenvalue weighted by Crippen LogP contribution is 2.30. The average Bonchev–Trinajstić information content (AvgIpc) is 2.85. The van der Waals surface area contributed by atoms with Crippen molar-refractivity contribution < 1.29 is 14.3 Å². The molecular formula is C29H58Cl2N2O3. The zero-order valence-corrected chi connectivity index (χ0v) is 25.5. The summed E-state index contributed by atoms with van der Waals surface area (Å²) in [6.07, 6.45) is 18.2. The number of carbonyl (C=O) groups excluding carboxylic acids is 1. The first-order valence-corrected chi connectivity index (χ1v) is 15.0. The van der Waals surface area contributed by atoms with Crippen LogP contribution in [0.4, 0.5) is 4.79 Å². The Morgan fingerprint density at radius 1 is 0.583 bits per heavy atom. The highest BCUT2D eigenvalue weighted by Gasteiger charge is 2.36. The lowest BCUT2D eigenvalue weighted by atomic mass is 9.90. The molecule has 0 aromatic rings. The number of nitrogens with zero attached hydrogens (tertiary/aromatic N) is 2. The van der Waals surface area contributed by atoms with Gasteiger partial charge in [-0.05, 0) is 90.4 Å². The lowest BCUT2D eigenvalue weighted by Crippen LogP contribution is -2.50. The first-order valence-electron chi connectivity index (χ1n) is 15.0. The standard InChI is InChI=1S/C29H56N2O3.2ClH/c1-5-9-21-30(22-10-6-2)25-17-13-15-19-27(25)33-29(32)34-28-20-16-14-18-26(28)31(23-11-7-3)24-12-8-4;;/h25-28H,5-24H2,1-4H3;2*1H/t25-,26?,27-,28?;;/m1../s1. The Hall–Kier alpha value is -0.230. The van der Waals surface area contributed by atoms with Crippen LogP contribution in [0.25, 0.3) is 0 Å². The van der Waals surface area contributed by atoms with Crippen molar-refractivity contribution in [3.63, 3.8) is 0 Å². The van der Waals surface area contributed by atoms with Crippen molar-refractivity contribution in [2.45, 2.75) is 155 Å². The molecule has 0 N–H and O–H groups in total. The first-order chi connectivity index (χ1) is 16.6. The Bertz CT molecular complexity index is 481. The van der Waals surface area contributed by atoms with Crippen LogP contribution in [0.3, 0.4) is 0 Å². The summed E-state index contributed by atoms with van der Waals surface area (Å²) in [5.74, 6) is 0. The van der Waals surface area contributed by atoms with E-state index in [-0.39, 0.29) is 37.0 Å². The van der Waals surface area contributed by atoms with E-state index in [0.29, 0.717) is 12.1 Å². The number of hydrogen-bond donors (Lipinski definition) is 0. The van der Waals surface area contributed by atoms with Crippen molar-refractivity contribution in [1.82, 2.24) is 9.80 Å². The predicted octanol–water partition coefficient (Wildman–Crippen LogP) is 8.41. The van der Waals surface area contributed by atoms with E-state index in [2.05, 4.69) is 37.5 Å². The van der Waals surface area contributed by atoms with E-state index in [1.807, 2.05) is 0 Å². The number of halogens is 2. The van der Waals surface area contributed by atoms with Crippen LogP contribution in [-0.2, 0) is 9.47 Å². The molecule has 216 valence electrons. The summed E-state index contributed by atoms with van der Waals surface area (Å²) >= 11 is 0. The Morgan fingerprint density at radius 2 is 0.889 bits per heavy atom. The Balaban J connectivity index is 0.00000612. The molecule has 2 aliphatic carbocycles. The van der Waals surface area contributed by atoms with Crippen molar-refractivity contribution >= 4 is 31.0 Å². The third kappa shape index (κ3) is 12.5. The summed E-state index contributed by atoms with van der Waals surface area (Å²) in [4.78, 5) is 18.3. The van der Waals surface area contributed by atoms with Gasteiger partial charge in [-0.2, -0.15) is 0 Å². The summed E-state index contributed by atoms with van der Waals surface area (Å²) in [5.41, 5.74) is 0. The lowest BCUT2D eigenvalue weighted by molar-refractivity contribution is -0.0668. The Kier molecular flexibility index (Phi) is 21.5. The molecule has 0 amide bonds. The maximum absolute atomic E-state index is 13.1. The van der Waals surface area contributed by atoms with E-state index in [1.54, 1.807) is 0 Å². The highest BCUT2D eigenvalue weighted by molar-refractivity contribution is 5.85. The Morgan fingerprint density at radius 3 is 1.19 bits per heavy atom. The third-order valence-electron chi connectivity index (χ3n) is 7.96. The van der Waals surface area contributed by atoms with Crippen molar-refractivity contribution in [3.8, 4) is 0 Å².